The Morgan fingerprint density at radius 1 is 1.67 bits per heavy atom. The summed E-state index contributed by atoms with van der Waals surface area (Å²) in [7, 11) is 0. The van der Waals surface area contributed by atoms with Gasteiger partial charge in [-0.25, -0.2) is 4.79 Å². The van der Waals surface area contributed by atoms with Gasteiger partial charge in [0.05, 0.1) is 15.9 Å². The summed E-state index contributed by atoms with van der Waals surface area (Å²) in [6.07, 6.45) is 0.379. The lowest BCUT2D eigenvalue weighted by Crippen LogP contribution is -2.24. The molecule has 0 radical (unpaired) electrons. The molecule has 0 spiro atoms. The van der Waals surface area contributed by atoms with E-state index in [1.807, 2.05) is 13.8 Å². The summed E-state index contributed by atoms with van der Waals surface area (Å²) < 4.78 is 2.36. The first-order chi connectivity index (χ1) is 6.99. The molecule has 0 saturated carbocycles. The van der Waals surface area contributed by atoms with E-state index in [0.29, 0.717) is 13.0 Å². The van der Waals surface area contributed by atoms with Gasteiger partial charge < -0.3 is 10.8 Å². The molecule has 0 aliphatic heterocycles. The standard InChI is InChI=1S/C9H14BrN3O2/c1-5-8(10)6(2)13(12-5)7(3-4-11)9(14)15/h7H,3-4,11H2,1-2H3,(H,14,15). The van der Waals surface area contributed by atoms with Crippen LogP contribution >= 0.6 is 15.9 Å². The maximum Gasteiger partial charge on any atom is 0.328 e. The van der Waals surface area contributed by atoms with Gasteiger partial charge in [-0.1, -0.05) is 0 Å². The Kier molecular flexibility index (Phi) is 3.87. The molecule has 0 aliphatic carbocycles. The minimum absolute atomic E-state index is 0.326. The van der Waals surface area contributed by atoms with Gasteiger partial charge in [0.15, 0.2) is 6.04 Å². The van der Waals surface area contributed by atoms with Gasteiger partial charge in [-0.3, -0.25) is 4.68 Å². The van der Waals surface area contributed by atoms with Crippen LogP contribution in [0, 0.1) is 13.8 Å². The number of hydrogen-bond acceptors (Lipinski definition) is 3. The maximum absolute atomic E-state index is 11.0. The van der Waals surface area contributed by atoms with Gasteiger partial charge in [0.2, 0.25) is 0 Å². The Morgan fingerprint density at radius 3 is 2.60 bits per heavy atom. The number of aliphatic carboxylic acids is 1. The number of nitrogens with zero attached hydrogens (tertiary/aromatic N) is 2. The smallest absolute Gasteiger partial charge is 0.328 e. The fourth-order valence-electron chi connectivity index (χ4n) is 1.45. The van der Waals surface area contributed by atoms with Crippen LogP contribution in [0.1, 0.15) is 23.9 Å². The molecular weight excluding hydrogens is 262 g/mol. The van der Waals surface area contributed by atoms with Crippen molar-refractivity contribution in [3.8, 4) is 0 Å². The molecule has 0 bridgehead atoms. The molecule has 1 aromatic rings. The van der Waals surface area contributed by atoms with Crippen molar-refractivity contribution in [1.29, 1.82) is 0 Å². The Morgan fingerprint density at radius 2 is 2.27 bits per heavy atom. The summed E-state index contributed by atoms with van der Waals surface area (Å²) in [6.45, 7) is 3.98. The first-order valence-electron chi connectivity index (χ1n) is 4.63. The lowest BCUT2D eigenvalue weighted by atomic mass is 10.2. The average molecular weight is 276 g/mol. The fourth-order valence-corrected chi connectivity index (χ4v) is 1.72. The highest BCUT2D eigenvalue weighted by atomic mass is 79.9. The lowest BCUT2D eigenvalue weighted by Gasteiger charge is -2.13. The number of carboxylic acids is 1. The van der Waals surface area contributed by atoms with E-state index < -0.39 is 12.0 Å². The van der Waals surface area contributed by atoms with Crippen LogP contribution in [0.3, 0.4) is 0 Å². The van der Waals surface area contributed by atoms with Crippen molar-refractivity contribution in [2.75, 3.05) is 6.54 Å². The molecule has 1 atom stereocenters. The van der Waals surface area contributed by atoms with Crippen LogP contribution in [-0.2, 0) is 4.79 Å². The molecule has 1 heterocycles. The van der Waals surface area contributed by atoms with Crippen LogP contribution in [0.4, 0.5) is 0 Å². The molecule has 0 saturated heterocycles. The van der Waals surface area contributed by atoms with Crippen molar-refractivity contribution >= 4 is 21.9 Å². The minimum atomic E-state index is -0.904. The Hall–Kier alpha value is -0.880. The van der Waals surface area contributed by atoms with E-state index in [1.54, 1.807) is 0 Å². The van der Waals surface area contributed by atoms with E-state index in [0.717, 1.165) is 15.9 Å². The zero-order valence-corrected chi connectivity index (χ0v) is 10.3. The van der Waals surface area contributed by atoms with Gasteiger partial charge in [0.25, 0.3) is 0 Å². The molecule has 84 valence electrons. The second kappa shape index (κ2) is 4.76. The van der Waals surface area contributed by atoms with Crippen LogP contribution in [0.2, 0.25) is 0 Å². The van der Waals surface area contributed by atoms with Crippen molar-refractivity contribution in [2.45, 2.75) is 26.3 Å². The highest BCUT2D eigenvalue weighted by molar-refractivity contribution is 9.10. The number of aryl methyl sites for hydroxylation is 1. The summed E-state index contributed by atoms with van der Waals surface area (Å²) >= 11 is 3.36. The van der Waals surface area contributed by atoms with Gasteiger partial charge in [0, 0.05) is 0 Å². The predicted octanol–water partition coefficient (Wildman–Crippen LogP) is 1.24. The van der Waals surface area contributed by atoms with Crippen LogP contribution < -0.4 is 5.73 Å². The number of nitrogens with two attached hydrogens (primary N) is 1. The van der Waals surface area contributed by atoms with Crippen LogP contribution in [-0.4, -0.2) is 27.4 Å². The Balaban J connectivity index is 3.11. The van der Waals surface area contributed by atoms with E-state index in [-0.39, 0.29) is 0 Å². The molecule has 6 heteroatoms. The van der Waals surface area contributed by atoms with Crippen molar-refractivity contribution in [1.82, 2.24) is 9.78 Å². The lowest BCUT2D eigenvalue weighted by molar-refractivity contribution is -0.141. The molecule has 0 amide bonds. The second-order valence-electron chi connectivity index (χ2n) is 3.36. The highest BCUT2D eigenvalue weighted by Crippen LogP contribution is 2.24. The maximum atomic E-state index is 11.0. The van der Waals surface area contributed by atoms with E-state index in [1.165, 1.54) is 4.68 Å². The molecule has 0 aromatic carbocycles. The molecule has 15 heavy (non-hydrogen) atoms. The quantitative estimate of drug-likeness (QED) is 0.866. The van der Waals surface area contributed by atoms with Crippen molar-refractivity contribution in [3.05, 3.63) is 15.9 Å². The average Bonchev–Trinajstić information content (AvgIpc) is 2.42. The third-order valence-corrected chi connectivity index (χ3v) is 3.40. The normalized spacial score (nSPS) is 12.8. The van der Waals surface area contributed by atoms with Gasteiger partial charge in [-0.15, -0.1) is 0 Å². The first-order valence-corrected chi connectivity index (χ1v) is 5.42. The fraction of sp³-hybridized carbons (Fsp3) is 0.556. The van der Waals surface area contributed by atoms with Crippen LogP contribution in [0.5, 0.6) is 0 Å². The minimum Gasteiger partial charge on any atom is -0.480 e. The number of hydrogen-bond donors (Lipinski definition) is 2. The zero-order valence-electron chi connectivity index (χ0n) is 8.70. The van der Waals surface area contributed by atoms with Gasteiger partial charge in [-0.05, 0) is 42.7 Å². The molecular formula is C9H14BrN3O2. The zero-order chi connectivity index (χ0) is 11.6. The molecule has 1 rings (SSSR count). The summed E-state index contributed by atoms with van der Waals surface area (Å²) in [5, 5.41) is 13.2. The van der Waals surface area contributed by atoms with Gasteiger partial charge >= 0.3 is 5.97 Å². The van der Waals surface area contributed by atoms with E-state index in [9.17, 15) is 4.79 Å². The Labute approximate surface area is 96.4 Å². The first kappa shape index (κ1) is 12.2. The van der Waals surface area contributed by atoms with Crippen molar-refractivity contribution < 1.29 is 9.90 Å². The van der Waals surface area contributed by atoms with Crippen molar-refractivity contribution in [2.24, 2.45) is 5.73 Å². The highest BCUT2D eigenvalue weighted by Gasteiger charge is 2.23. The number of rotatable bonds is 4. The summed E-state index contributed by atoms with van der Waals surface area (Å²) in [5.74, 6) is -0.904. The molecule has 1 unspecified atom stereocenters. The van der Waals surface area contributed by atoms with Gasteiger partial charge in [0.1, 0.15) is 0 Å². The predicted molar refractivity (Wildman–Crippen MR) is 59.7 cm³/mol. The van der Waals surface area contributed by atoms with E-state index >= 15 is 0 Å². The van der Waals surface area contributed by atoms with Crippen LogP contribution in [0.25, 0.3) is 0 Å². The van der Waals surface area contributed by atoms with Gasteiger partial charge in [-0.2, -0.15) is 5.10 Å². The number of halogens is 1. The monoisotopic (exact) mass is 275 g/mol. The number of carbonyl (C=O) groups is 1. The van der Waals surface area contributed by atoms with E-state index in [4.69, 9.17) is 10.8 Å². The topological polar surface area (TPSA) is 81.1 Å². The summed E-state index contributed by atoms with van der Waals surface area (Å²) in [6, 6.07) is -0.681. The second-order valence-corrected chi connectivity index (χ2v) is 4.15. The molecule has 1 aromatic heterocycles. The Bertz CT molecular complexity index is 376. The third kappa shape index (κ3) is 2.38. The number of carboxylic acid groups (broad SMARTS) is 1. The molecule has 3 N–H and O–H groups in total. The molecule has 0 fully saturated rings. The largest absolute Gasteiger partial charge is 0.480 e. The molecule has 5 nitrogen and oxygen atoms in total. The molecule has 0 aliphatic rings. The van der Waals surface area contributed by atoms with Crippen molar-refractivity contribution in [3.63, 3.8) is 0 Å². The van der Waals surface area contributed by atoms with Crippen LogP contribution in [0.15, 0.2) is 4.47 Å². The third-order valence-electron chi connectivity index (χ3n) is 2.26. The summed E-state index contributed by atoms with van der Waals surface area (Å²) in [5.41, 5.74) is 6.98. The SMILES string of the molecule is Cc1nn(C(CCN)C(=O)O)c(C)c1Br. The number of aromatic nitrogens is 2. The van der Waals surface area contributed by atoms with E-state index in [2.05, 4.69) is 21.0 Å². The summed E-state index contributed by atoms with van der Waals surface area (Å²) in [4.78, 5) is 11.0.